The number of hydrogen-bond donors (Lipinski definition) is 0. The summed E-state index contributed by atoms with van der Waals surface area (Å²) in [6.07, 6.45) is 3.05. The van der Waals surface area contributed by atoms with E-state index in [1.165, 1.54) is 0 Å². The van der Waals surface area contributed by atoms with Crippen molar-refractivity contribution in [1.29, 1.82) is 0 Å². The van der Waals surface area contributed by atoms with Crippen molar-refractivity contribution in [3.63, 3.8) is 0 Å². The van der Waals surface area contributed by atoms with E-state index in [1.54, 1.807) is 0 Å². The molecule has 3 nitrogen and oxygen atoms in total. The van der Waals surface area contributed by atoms with E-state index in [-0.39, 0.29) is 0 Å². The molecular formula is C3HNO2. The second-order valence-electron chi connectivity index (χ2n) is 0.771. The van der Waals surface area contributed by atoms with Crippen LogP contribution in [-0.4, -0.2) is 6.40 Å². The number of rotatable bonds is 0. The maximum Gasteiger partial charge on any atom is 0.257 e. The molecule has 0 unspecified atom stereocenters. The van der Waals surface area contributed by atoms with E-state index in [9.17, 15) is 5.11 Å². The van der Waals surface area contributed by atoms with Crippen LogP contribution in [-0.2, 0) is 4.74 Å². The number of hydrogen-bond acceptors (Lipinski definition) is 3. The van der Waals surface area contributed by atoms with Crippen molar-refractivity contribution in [2.45, 2.75) is 0 Å². The van der Waals surface area contributed by atoms with Gasteiger partial charge in [-0.1, -0.05) is 0 Å². The highest BCUT2D eigenvalue weighted by molar-refractivity contribution is 5.51. The first-order valence-electron chi connectivity index (χ1n) is 1.38. The van der Waals surface area contributed by atoms with Crippen LogP contribution in [0.4, 0.5) is 0 Å². The zero-order chi connectivity index (χ0) is 4.41. The van der Waals surface area contributed by atoms with Crippen molar-refractivity contribution in [3.8, 4) is 0 Å². The van der Waals surface area contributed by atoms with Crippen LogP contribution < -0.4 is 5.11 Å². The van der Waals surface area contributed by atoms with Crippen molar-refractivity contribution >= 4 is 6.40 Å². The molecule has 0 radical (unpaired) electrons. The highest BCUT2D eigenvalue weighted by Crippen LogP contribution is 1.90. The molecule has 1 aliphatic heterocycles. The predicted octanol–water partition coefficient (Wildman–Crippen LogP) is -0.919. The molecule has 1 rings (SSSR count). The normalized spacial score (nSPS) is 15.7. The Morgan fingerprint density at radius 2 is 2.83 bits per heavy atom. The van der Waals surface area contributed by atoms with Gasteiger partial charge in [0.1, 0.15) is 0 Å². The summed E-state index contributed by atoms with van der Waals surface area (Å²) in [6.45, 7) is 0. The summed E-state index contributed by atoms with van der Waals surface area (Å²) in [5, 5.41) is 9.81. The molecule has 3 heteroatoms. The van der Waals surface area contributed by atoms with Gasteiger partial charge >= 0.3 is 0 Å². The minimum Gasteiger partial charge on any atom is -0.461 e. The van der Waals surface area contributed by atoms with E-state index in [0.717, 1.165) is 6.20 Å². The van der Waals surface area contributed by atoms with Crippen LogP contribution in [0.5, 0.6) is 0 Å². The third kappa shape index (κ3) is 0.307. The zero-order valence-electron chi connectivity index (χ0n) is 2.84. The lowest BCUT2D eigenvalue weighted by atomic mass is 10.9. The Kier molecular flexibility index (Phi) is 0.496. The first kappa shape index (κ1) is 3.12. The Balaban J connectivity index is 2.61. The Morgan fingerprint density at radius 3 is 3.00 bits per heavy atom. The van der Waals surface area contributed by atoms with Crippen LogP contribution in [0.15, 0.2) is 17.1 Å². The first-order chi connectivity index (χ1) is 2.89. The lowest BCUT2D eigenvalue weighted by Gasteiger charge is -1.81. The molecule has 0 saturated heterocycles. The number of ether oxygens (including phenoxy) is 1. The van der Waals surface area contributed by atoms with Crippen LogP contribution in [0.2, 0.25) is 0 Å². The van der Waals surface area contributed by atoms with E-state index in [4.69, 9.17) is 0 Å². The molecule has 0 aliphatic carbocycles. The average Bonchev–Trinajstić information content (AvgIpc) is 1.86. The van der Waals surface area contributed by atoms with Crippen molar-refractivity contribution < 1.29 is 9.84 Å². The summed E-state index contributed by atoms with van der Waals surface area (Å²) in [5.41, 5.74) is 0. The Hall–Kier alpha value is -1.08. The fraction of sp³-hybridized carbons (Fsp3) is 0. The third-order valence-electron chi connectivity index (χ3n) is 0.369. The number of nitrogens with zero attached hydrogens (tertiary/aromatic N) is 1. The van der Waals surface area contributed by atoms with Gasteiger partial charge in [-0.3, -0.25) is 0 Å². The van der Waals surface area contributed by atoms with Gasteiger partial charge in [-0.2, -0.15) is 0 Å². The average molecular weight is 83.0 g/mol. The molecule has 0 fully saturated rings. The molecule has 0 bridgehead atoms. The molecule has 0 aromatic heterocycles. The summed E-state index contributed by atoms with van der Waals surface area (Å²) in [7, 11) is 0. The van der Waals surface area contributed by atoms with Crippen LogP contribution in [0.3, 0.4) is 0 Å². The van der Waals surface area contributed by atoms with Gasteiger partial charge in [0, 0.05) is 0 Å². The first-order valence-corrected chi connectivity index (χ1v) is 1.38. The van der Waals surface area contributed by atoms with Crippen LogP contribution in [0.25, 0.3) is 0 Å². The van der Waals surface area contributed by atoms with E-state index < -0.39 is 5.95 Å². The van der Waals surface area contributed by atoms with Gasteiger partial charge in [0.25, 0.3) is 5.95 Å². The van der Waals surface area contributed by atoms with Gasteiger partial charge < -0.3 is 9.84 Å². The lowest BCUT2D eigenvalue weighted by molar-refractivity contribution is -0.342. The standard InChI is InChI=1S/C3HNO2/c5-3-1-4-2-6-3/h1H. The molecule has 0 atom stereocenters. The second-order valence-corrected chi connectivity index (χ2v) is 0.771. The molecule has 0 N–H and O–H groups in total. The minimum atomic E-state index is -0.449. The highest BCUT2D eigenvalue weighted by atomic mass is 16.6. The van der Waals surface area contributed by atoms with Crippen LogP contribution in [0, 0.1) is 0 Å². The van der Waals surface area contributed by atoms with Crippen LogP contribution in [0.1, 0.15) is 0 Å². The Bertz CT molecular complexity index is 105. The summed E-state index contributed by atoms with van der Waals surface area (Å²) < 4.78 is 4.04. The van der Waals surface area contributed by atoms with Gasteiger partial charge in [0.05, 0.1) is 0 Å². The van der Waals surface area contributed by atoms with Crippen LogP contribution >= 0.6 is 0 Å². The smallest absolute Gasteiger partial charge is 0.257 e. The molecule has 0 aromatic rings. The zero-order valence-corrected chi connectivity index (χ0v) is 2.84. The fourth-order valence-electron chi connectivity index (χ4n) is 0.177. The van der Waals surface area contributed by atoms with Gasteiger partial charge in [-0.15, -0.1) is 0 Å². The summed E-state index contributed by atoms with van der Waals surface area (Å²) >= 11 is 0. The maximum atomic E-state index is 9.81. The molecule has 0 amide bonds. The van der Waals surface area contributed by atoms with E-state index >= 15 is 0 Å². The Morgan fingerprint density at radius 1 is 2.00 bits per heavy atom. The molecular weight excluding hydrogens is 82.0 g/mol. The Labute approximate surface area is 34.6 Å². The molecule has 1 aliphatic rings. The van der Waals surface area contributed by atoms with E-state index in [2.05, 4.69) is 9.73 Å². The third-order valence-corrected chi connectivity index (χ3v) is 0.369. The second kappa shape index (κ2) is 0.954. The van der Waals surface area contributed by atoms with E-state index in [0.29, 0.717) is 0 Å². The summed E-state index contributed by atoms with van der Waals surface area (Å²) in [4.78, 5) is 3.22. The van der Waals surface area contributed by atoms with Crippen molar-refractivity contribution in [3.05, 3.63) is 12.1 Å². The van der Waals surface area contributed by atoms with Crippen molar-refractivity contribution in [2.75, 3.05) is 0 Å². The maximum absolute atomic E-state index is 9.81. The highest BCUT2D eigenvalue weighted by Gasteiger charge is 1.95. The molecule has 0 aromatic carbocycles. The SMILES string of the molecule is [O-]C1=CN=[C+]O1. The molecule has 1 heterocycles. The largest absolute Gasteiger partial charge is 0.461 e. The van der Waals surface area contributed by atoms with E-state index in [1.807, 2.05) is 6.40 Å². The minimum absolute atomic E-state index is 0.449. The van der Waals surface area contributed by atoms with Crippen molar-refractivity contribution in [2.24, 2.45) is 4.99 Å². The van der Waals surface area contributed by atoms with Gasteiger partial charge in [-0.05, 0) is 4.99 Å². The molecule has 30 valence electrons. The monoisotopic (exact) mass is 83.0 g/mol. The summed E-state index contributed by atoms with van der Waals surface area (Å²) in [5.74, 6) is -0.449. The summed E-state index contributed by atoms with van der Waals surface area (Å²) in [6, 6.07) is 0. The number of aliphatic imine (C=N–C) groups is 1. The molecule has 0 spiro atoms. The topological polar surface area (TPSA) is 44.7 Å². The fourth-order valence-corrected chi connectivity index (χ4v) is 0.177. The molecule has 0 saturated carbocycles. The lowest BCUT2D eigenvalue weighted by Crippen LogP contribution is -2.01. The van der Waals surface area contributed by atoms with Gasteiger partial charge in [0.2, 0.25) is 12.6 Å². The van der Waals surface area contributed by atoms with Gasteiger partial charge in [0.15, 0.2) is 0 Å². The van der Waals surface area contributed by atoms with Gasteiger partial charge in [-0.25, -0.2) is 0 Å². The predicted molar refractivity (Wildman–Crippen MR) is 16.6 cm³/mol. The quantitative estimate of drug-likeness (QED) is 0.355. The van der Waals surface area contributed by atoms with Crippen molar-refractivity contribution in [1.82, 2.24) is 0 Å². The molecule has 6 heavy (non-hydrogen) atoms.